The standard InChI is InChI=1S/C17H33N/c1-3-5-6-7-8-9-10-11-12-15-18-16-13-14-17(18)4-2/h14H,3-13,15-16H2,1-2H3. The average molecular weight is 251 g/mol. The van der Waals surface area contributed by atoms with Gasteiger partial charge in [-0.2, -0.15) is 0 Å². The highest BCUT2D eigenvalue weighted by Gasteiger charge is 2.11. The van der Waals surface area contributed by atoms with Crippen molar-refractivity contribution in [1.82, 2.24) is 4.90 Å². The fourth-order valence-electron chi connectivity index (χ4n) is 2.90. The zero-order valence-electron chi connectivity index (χ0n) is 12.7. The van der Waals surface area contributed by atoms with Crippen molar-refractivity contribution in [3.8, 4) is 0 Å². The van der Waals surface area contributed by atoms with Gasteiger partial charge >= 0.3 is 0 Å². The SMILES string of the molecule is CCCCCCCCCCCN1CCC=C1CC. The third kappa shape index (κ3) is 6.47. The van der Waals surface area contributed by atoms with Gasteiger partial charge in [-0.25, -0.2) is 0 Å². The Hall–Kier alpha value is -0.460. The number of nitrogens with zero attached hydrogens (tertiary/aromatic N) is 1. The molecule has 1 aliphatic heterocycles. The Bertz CT molecular complexity index is 220. The minimum atomic E-state index is 1.22. The van der Waals surface area contributed by atoms with Gasteiger partial charge in [0.15, 0.2) is 0 Å². The lowest BCUT2D eigenvalue weighted by Crippen LogP contribution is -2.20. The maximum atomic E-state index is 2.60. The first-order valence-corrected chi connectivity index (χ1v) is 8.32. The molecule has 0 fully saturated rings. The van der Waals surface area contributed by atoms with E-state index < -0.39 is 0 Å². The summed E-state index contributed by atoms with van der Waals surface area (Å²) in [5.41, 5.74) is 1.59. The summed E-state index contributed by atoms with van der Waals surface area (Å²) in [5.74, 6) is 0. The van der Waals surface area contributed by atoms with E-state index in [0.29, 0.717) is 0 Å². The minimum Gasteiger partial charge on any atom is -0.375 e. The summed E-state index contributed by atoms with van der Waals surface area (Å²) >= 11 is 0. The highest BCUT2D eigenvalue weighted by molar-refractivity contribution is 5.06. The molecule has 106 valence electrons. The molecule has 1 rings (SSSR count). The summed E-state index contributed by atoms with van der Waals surface area (Å²) in [6.07, 6.45) is 17.8. The van der Waals surface area contributed by atoms with Crippen LogP contribution in [-0.2, 0) is 0 Å². The van der Waals surface area contributed by atoms with E-state index in [1.807, 2.05) is 0 Å². The fraction of sp³-hybridized carbons (Fsp3) is 0.882. The summed E-state index contributed by atoms with van der Waals surface area (Å²) in [5, 5.41) is 0. The van der Waals surface area contributed by atoms with Crippen molar-refractivity contribution in [2.75, 3.05) is 13.1 Å². The molecule has 1 heterocycles. The van der Waals surface area contributed by atoms with E-state index in [-0.39, 0.29) is 0 Å². The van der Waals surface area contributed by atoms with Crippen molar-refractivity contribution in [3.05, 3.63) is 11.8 Å². The van der Waals surface area contributed by atoms with Crippen LogP contribution in [0.2, 0.25) is 0 Å². The minimum absolute atomic E-state index is 1.22. The lowest BCUT2D eigenvalue weighted by atomic mass is 10.1. The second-order valence-electron chi connectivity index (χ2n) is 5.65. The highest BCUT2D eigenvalue weighted by Crippen LogP contribution is 2.18. The quantitative estimate of drug-likeness (QED) is 0.437. The van der Waals surface area contributed by atoms with Gasteiger partial charge in [0, 0.05) is 18.8 Å². The summed E-state index contributed by atoms with van der Waals surface area (Å²) in [6, 6.07) is 0. The van der Waals surface area contributed by atoms with Crippen LogP contribution in [0, 0.1) is 0 Å². The molecule has 0 unspecified atom stereocenters. The molecule has 18 heavy (non-hydrogen) atoms. The smallest absolute Gasteiger partial charge is 0.0210 e. The molecule has 0 aromatic rings. The molecule has 1 heteroatoms. The summed E-state index contributed by atoms with van der Waals surface area (Å²) in [7, 11) is 0. The van der Waals surface area contributed by atoms with Gasteiger partial charge in [0.1, 0.15) is 0 Å². The predicted octanol–water partition coefficient (Wildman–Crippen LogP) is 5.52. The molecule has 0 aromatic carbocycles. The van der Waals surface area contributed by atoms with Gasteiger partial charge in [-0.3, -0.25) is 0 Å². The number of hydrogen-bond donors (Lipinski definition) is 0. The van der Waals surface area contributed by atoms with Crippen LogP contribution in [-0.4, -0.2) is 18.0 Å². The van der Waals surface area contributed by atoms with E-state index in [0.717, 1.165) is 0 Å². The first-order chi connectivity index (χ1) is 8.88. The van der Waals surface area contributed by atoms with Crippen LogP contribution in [0.3, 0.4) is 0 Å². The monoisotopic (exact) mass is 251 g/mol. The van der Waals surface area contributed by atoms with Crippen molar-refractivity contribution in [2.45, 2.75) is 84.5 Å². The van der Waals surface area contributed by atoms with Gasteiger partial charge in [-0.05, 0) is 19.3 Å². The third-order valence-electron chi connectivity index (χ3n) is 4.08. The van der Waals surface area contributed by atoms with E-state index >= 15 is 0 Å². The van der Waals surface area contributed by atoms with E-state index in [1.165, 1.54) is 83.7 Å². The summed E-state index contributed by atoms with van der Waals surface area (Å²) in [6.45, 7) is 7.15. The van der Waals surface area contributed by atoms with Crippen LogP contribution in [0.15, 0.2) is 11.8 Å². The van der Waals surface area contributed by atoms with Gasteiger partial charge in [-0.1, -0.05) is 71.3 Å². The van der Waals surface area contributed by atoms with Gasteiger partial charge in [-0.15, -0.1) is 0 Å². The molecule has 1 nitrogen and oxygen atoms in total. The number of unbranched alkanes of at least 4 members (excludes halogenated alkanes) is 8. The van der Waals surface area contributed by atoms with E-state index in [9.17, 15) is 0 Å². The molecule has 0 N–H and O–H groups in total. The summed E-state index contributed by atoms with van der Waals surface area (Å²) < 4.78 is 0. The molecule has 0 spiro atoms. The van der Waals surface area contributed by atoms with Gasteiger partial charge in [0.05, 0.1) is 0 Å². The molecule has 0 saturated heterocycles. The topological polar surface area (TPSA) is 3.24 Å². The zero-order valence-corrected chi connectivity index (χ0v) is 12.7. The maximum Gasteiger partial charge on any atom is 0.0210 e. The lowest BCUT2D eigenvalue weighted by molar-refractivity contribution is 0.353. The number of hydrogen-bond acceptors (Lipinski definition) is 1. The molecular weight excluding hydrogens is 218 g/mol. The van der Waals surface area contributed by atoms with Gasteiger partial charge in [0.2, 0.25) is 0 Å². The van der Waals surface area contributed by atoms with Crippen LogP contribution in [0.25, 0.3) is 0 Å². The van der Waals surface area contributed by atoms with Gasteiger partial charge < -0.3 is 4.90 Å². The van der Waals surface area contributed by atoms with E-state index in [2.05, 4.69) is 24.8 Å². The Kier molecular flexibility index (Phi) is 9.06. The van der Waals surface area contributed by atoms with Crippen LogP contribution in [0.5, 0.6) is 0 Å². The molecule has 0 saturated carbocycles. The Morgan fingerprint density at radius 3 is 2.11 bits per heavy atom. The van der Waals surface area contributed by atoms with Crippen molar-refractivity contribution in [2.24, 2.45) is 0 Å². The van der Waals surface area contributed by atoms with Gasteiger partial charge in [0.25, 0.3) is 0 Å². The summed E-state index contributed by atoms with van der Waals surface area (Å²) in [4.78, 5) is 2.60. The third-order valence-corrected chi connectivity index (χ3v) is 4.08. The maximum absolute atomic E-state index is 2.60. The van der Waals surface area contributed by atoms with Crippen LogP contribution in [0.1, 0.15) is 84.5 Å². The molecule has 1 aliphatic rings. The Morgan fingerprint density at radius 1 is 0.889 bits per heavy atom. The van der Waals surface area contributed by atoms with Crippen molar-refractivity contribution < 1.29 is 0 Å². The van der Waals surface area contributed by atoms with Crippen LogP contribution >= 0.6 is 0 Å². The van der Waals surface area contributed by atoms with E-state index in [4.69, 9.17) is 0 Å². The normalized spacial score (nSPS) is 15.2. The first kappa shape index (κ1) is 15.6. The average Bonchev–Trinajstić information content (AvgIpc) is 2.84. The number of allylic oxidation sites excluding steroid dienone is 1. The van der Waals surface area contributed by atoms with Crippen molar-refractivity contribution >= 4 is 0 Å². The second kappa shape index (κ2) is 10.5. The van der Waals surface area contributed by atoms with E-state index in [1.54, 1.807) is 5.70 Å². The number of rotatable bonds is 11. The Morgan fingerprint density at radius 2 is 1.50 bits per heavy atom. The zero-order chi connectivity index (χ0) is 13.1. The van der Waals surface area contributed by atoms with Crippen LogP contribution in [0.4, 0.5) is 0 Å². The predicted molar refractivity (Wildman–Crippen MR) is 81.8 cm³/mol. The highest BCUT2D eigenvalue weighted by atomic mass is 15.1. The molecule has 0 atom stereocenters. The lowest BCUT2D eigenvalue weighted by Gasteiger charge is -2.21. The molecule has 0 radical (unpaired) electrons. The molecular formula is C17H33N. The molecule has 0 aromatic heterocycles. The second-order valence-corrected chi connectivity index (χ2v) is 5.65. The fourth-order valence-corrected chi connectivity index (χ4v) is 2.90. The first-order valence-electron chi connectivity index (χ1n) is 8.32. The van der Waals surface area contributed by atoms with Crippen molar-refractivity contribution in [1.29, 1.82) is 0 Å². The molecule has 0 aliphatic carbocycles. The molecule has 0 amide bonds. The van der Waals surface area contributed by atoms with Crippen molar-refractivity contribution in [3.63, 3.8) is 0 Å². The molecule has 0 bridgehead atoms. The largest absolute Gasteiger partial charge is 0.375 e. The Balaban J connectivity index is 1.85. The Labute approximate surface area is 115 Å². The van der Waals surface area contributed by atoms with Crippen LogP contribution < -0.4 is 0 Å².